The predicted molar refractivity (Wildman–Crippen MR) is 94.2 cm³/mol. The number of aromatic hydroxyl groups is 1. The molecule has 0 bridgehead atoms. The van der Waals surface area contributed by atoms with Gasteiger partial charge in [0, 0.05) is 22.8 Å². The number of nitrogens with zero attached hydrogens (tertiary/aromatic N) is 3. The molecule has 0 fully saturated rings. The molecule has 2 aromatic carbocycles. The highest BCUT2D eigenvalue weighted by atomic mass is 16.3. The smallest absolute Gasteiger partial charge is 0.196 e. The number of carbonyl (C=O) groups is 2. The van der Waals surface area contributed by atoms with E-state index >= 15 is 0 Å². The lowest BCUT2D eigenvalue weighted by Crippen LogP contribution is -2.20. The second-order valence-corrected chi connectivity index (χ2v) is 5.70. The third kappa shape index (κ3) is 2.42. The zero-order valence-corrected chi connectivity index (χ0v) is 13.4. The lowest BCUT2D eigenvalue weighted by Gasteiger charge is -2.18. The zero-order valence-electron chi connectivity index (χ0n) is 13.4. The fourth-order valence-electron chi connectivity index (χ4n) is 2.83. The Morgan fingerprint density at radius 1 is 0.885 bits per heavy atom. The molecule has 0 spiro atoms. The van der Waals surface area contributed by atoms with E-state index in [4.69, 9.17) is 5.73 Å². The average molecular weight is 344 g/mol. The fourth-order valence-corrected chi connectivity index (χ4v) is 2.83. The number of ketones is 2. The molecule has 0 atom stereocenters. The van der Waals surface area contributed by atoms with E-state index in [0.29, 0.717) is 16.7 Å². The maximum atomic E-state index is 12.9. The lowest BCUT2D eigenvalue weighted by atomic mass is 9.83. The second-order valence-electron chi connectivity index (χ2n) is 5.70. The van der Waals surface area contributed by atoms with Crippen LogP contribution in [0.1, 0.15) is 31.8 Å². The Morgan fingerprint density at radius 3 is 2.31 bits per heavy atom. The van der Waals surface area contributed by atoms with Crippen LogP contribution < -0.4 is 5.73 Å². The molecule has 0 unspecified atom stereocenters. The summed E-state index contributed by atoms with van der Waals surface area (Å²) in [5.74, 6) is -0.725. The van der Waals surface area contributed by atoms with Gasteiger partial charge in [0.2, 0.25) is 0 Å². The third-order valence-electron chi connectivity index (χ3n) is 4.09. The summed E-state index contributed by atoms with van der Waals surface area (Å²) in [4.78, 5) is 29.3. The minimum atomic E-state index is -0.275. The number of carbonyl (C=O) groups excluding carboxylic acids is 2. The molecule has 7 nitrogen and oxygen atoms in total. The van der Waals surface area contributed by atoms with Crippen LogP contribution in [0.15, 0.2) is 65.0 Å². The average Bonchev–Trinajstić information content (AvgIpc) is 2.67. The van der Waals surface area contributed by atoms with Gasteiger partial charge in [-0.2, -0.15) is 0 Å². The van der Waals surface area contributed by atoms with E-state index in [1.165, 1.54) is 12.3 Å². The van der Waals surface area contributed by atoms with Crippen LogP contribution in [0.5, 0.6) is 5.75 Å². The van der Waals surface area contributed by atoms with Crippen LogP contribution in [0.4, 0.5) is 17.2 Å². The first kappa shape index (κ1) is 15.6. The molecule has 0 amide bonds. The zero-order chi connectivity index (χ0) is 18.3. The van der Waals surface area contributed by atoms with Crippen molar-refractivity contribution in [2.45, 2.75) is 0 Å². The summed E-state index contributed by atoms with van der Waals surface area (Å²) in [6.45, 7) is 0. The van der Waals surface area contributed by atoms with Gasteiger partial charge in [-0.1, -0.05) is 36.4 Å². The number of fused-ring (bicyclic) bond motifs is 2. The van der Waals surface area contributed by atoms with Crippen molar-refractivity contribution in [1.29, 1.82) is 0 Å². The molecule has 126 valence electrons. The molecular formula is C19H12N4O3. The Labute approximate surface area is 147 Å². The highest BCUT2D eigenvalue weighted by Crippen LogP contribution is 2.34. The monoisotopic (exact) mass is 344 g/mol. The number of hydrogen-bond acceptors (Lipinski definition) is 7. The first-order chi connectivity index (χ1) is 12.6. The molecule has 4 rings (SSSR count). The lowest BCUT2D eigenvalue weighted by molar-refractivity contribution is 0.0979. The van der Waals surface area contributed by atoms with Crippen LogP contribution in [-0.2, 0) is 0 Å². The summed E-state index contributed by atoms with van der Waals surface area (Å²) in [5, 5.41) is 17.7. The highest BCUT2D eigenvalue weighted by molar-refractivity contribution is 6.29. The minimum absolute atomic E-state index is 0.0154. The van der Waals surface area contributed by atoms with Gasteiger partial charge >= 0.3 is 0 Å². The molecule has 0 aliphatic heterocycles. The summed E-state index contributed by atoms with van der Waals surface area (Å²) >= 11 is 0. The van der Waals surface area contributed by atoms with E-state index in [2.05, 4.69) is 15.2 Å². The summed E-state index contributed by atoms with van der Waals surface area (Å²) < 4.78 is 0. The SMILES string of the molecule is Nc1ncc(N=Nc2cccc3c2C(=O)c2ccccc2C3=O)cc1O. The standard InChI is InChI=1S/C19H12N4O3/c20-19-15(24)8-10(9-21-19)22-23-14-7-3-6-13-16(14)18(26)12-5-2-1-4-11(12)17(13)25/h1-9,24H,(H2,20,21). The molecule has 1 aliphatic rings. The minimum Gasteiger partial charge on any atom is -0.504 e. The number of benzene rings is 2. The Balaban J connectivity index is 1.80. The van der Waals surface area contributed by atoms with E-state index in [0.717, 1.165) is 0 Å². The molecule has 3 aromatic rings. The maximum absolute atomic E-state index is 12.9. The Kier molecular flexibility index (Phi) is 3.54. The van der Waals surface area contributed by atoms with Gasteiger partial charge in [0.1, 0.15) is 5.69 Å². The van der Waals surface area contributed by atoms with E-state index in [-0.39, 0.29) is 40.1 Å². The molecule has 7 heteroatoms. The summed E-state index contributed by atoms with van der Waals surface area (Å²) in [5.41, 5.74) is 7.23. The molecular weight excluding hydrogens is 332 g/mol. The molecule has 1 aliphatic carbocycles. The molecule has 1 heterocycles. The predicted octanol–water partition coefficient (Wildman–Crippen LogP) is 3.56. The quantitative estimate of drug-likeness (QED) is 0.539. The van der Waals surface area contributed by atoms with Crippen molar-refractivity contribution >= 4 is 28.8 Å². The number of anilines is 1. The van der Waals surface area contributed by atoms with Crippen molar-refractivity contribution in [3.63, 3.8) is 0 Å². The number of pyridine rings is 1. The third-order valence-corrected chi connectivity index (χ3v) is 4.09. The first-order valence-corrected chi connectivity index (χ1v) is 7.74. The van der Waals surface area contributed by atoms with Crippen molar-refractivity contribution in [2.75, 3.05) is 5.73 Å². The van der Waals surface area contributed by atoms with Crippen LogP contribution >= 0.6 is 0 Å². The van der Waals surface area contributed by atoms with E-state index in [1.54, 1.807) is 42.5 Å². The van der Waals surface area contributed by atoms with E-state index in [1.807, 2.05) is 0 Å². The topological polar surface area (TPSA) is 118 Å². The highest BCUT2D eigenvalue weighted by Gasteiger charge is 2.31. The van der Waals surface area contributed by atoms with Crippen LogP contribution in [0.2, 0.25) is 0 Å². The number of rotatable bonds is 2. The van der Waals surface area contributed by atoms with Gasteiger partial charge in [-0.05, 0) is 6.07 Å². The van der Waals surface area contributed by atoms with Crippen molar-refractivity contribution in [2.24, 2.45) is 10.2 Å². The van der Waals surface area contributed by atoms with Gasteiger partial charge in [0.05, 0.1) is 17.4 Å². The van der Waals surface area contributed by atoms with Crippen LogP contribution in [0.25, 0.3) is 0 Å². The molecule has 3 N–H and O–H groups in total. The fraction of sp³-hybridized carbons (Fsp3) is 0. The number of nitrogens with two attached hydrogens (primary N) is 1. The Hall–Kier alpha value is -3.87. The van der Waals surface area contributed by atoms with Crippen LogP contribution in [0, 0.1) is 0 Å². The van der Waals surface area contributed by atoms with Crippen LogP contribution in [-0.4, -0.2) is 21.7 Å². The van der Waals surface area contributed by atoms with Gasteiger partial charge in [-0.3, -0.25) is 9.59 Å². The van der Waals surface area contributed by atoms with E-state index < -0.39 is 0 Å². The van der Waals surface area contributed by atoms with Crippen molar-refractivity contribution in [1.82, 2.24) is 4.98 Å². The molecule has 0 radical (unpaired) electrons. The second kappa shape index (κ2) is 5.89. The van der Waals surface area contributed by atoms with Crippen molar-refractivity contribution in [3.8, 4) is 5.75 Å². The number of nitrogen functional groups attached to an aromatic ring is 1. The number of azo groups is 1. The summed E-state index contributed by atoms with van der Waals surface area (Å²) in [7, 11) is 0. The summed E-state index contributed by atoms with van der Waals surface area (Å²) in [6, 6.07) is 12.8. The first-order valence-electron chi connectivity index (χ1n) is 7.74. The van der Waals surface area contributed by atoms with Gasteiger partial charge in [-0.25, -0.2) is 4.98 Å². The summed E-state index contributed by atoms with van der Waals surface area (Å²) in [6.07, 6.45) is 1.34. The number of hydrogen-bond donors (Lipinski definition) is 2. The van der Waals surface area contributed by atoms with Gasteiger partial charge < -0.3 is 10.8 Å². The molecule has 26 heavy (non-hydrogen) atoms. The molecule has 0 saturated carbocycles. The Bertz CT molecular complexity index is 1110. The number of aromatic nitrogens is 1. The Morgan fingerprint density at radius 2 is 1.58 bits per heavy atom. The molecule has 0 saturated heterocycles. The molecule has 1 aromatic heterocycles. The normalized spacial score (nSPS) is 12.9. The van der Waals surface area contributed by atoms with Gasteiger partial charge in [0.25, 0.3) is 0 Å². The van der Waals surface area contributed by atoms with Crippen molar-refractivity contribution in [3.05, 3.63) is 77.0 Å². The van der Waals surface area contributed by atoms with Crippen molar-refractivity contribution < 1.29 is 14.7 Å². The maximum Gasteiger partial charge on any atom is 0.196 e. The van der Waals surface area contributed by atoms with Gasteiger partial charge in [-0.15, -0.1) is 10.2 Å². The van der Waals surface area contributed by atoms with Gasteiger partial charge in [0.15, 0.2) is 23.1 Å². The largest absolute Gasteiger partial charge is 0.504 e. The van der Waals surface area contributed by atoms with E-state index in [9.17, 15) is 14.7 Å². The van der Waals surface area contributed by atoms with Crippen LogP contribution in [0.3, 0.4) is 0 Å².